The average molecular weight is 318 g/mol. The minimum Gasteiger partial charge on any atom is -0.481 e. The van der Waals surface area contributed by atoms with Crippen LogP contribution in [-0.4, -0.2) is 30.1 Å². The number of carbonyl (C=O) groups is 1. The van der Waals surface area contributed by atoms with E-state index in [1.165, 1.54) is 6.07 Å². The molecule has 2 unspecified atom stereocenters. The number of hydrogen-bond acceptors (Lipinski definition) is 2. The van der Waals surface area contributed by atoms with Crippen molar-refractivity contribution in [3.63, 3.8) is 0 Å². The molecule has 1 aromatic rings. The number of halogens is 2. The molecule has 3 nitrogen and oxygen atoms in total. The Balaban J connectivity index is 3.04. The second-order valence-electron chi connectivity index (χ2n) is 4.62. The molecule has 0 radical (unpaired) electrons. The highest BCUT2D eigenvalue weighted by Crippen LogP contribution is 2.30. The zero-order chi connectivity index (χ0) is 13.9. The van der Waals surface area contributed by atoms with Gasteiger partial charge in [0.25, 0.3) is 0 Å². The fourth-order valence-corrected chi connectivity index (χ4v) is 2.20. The van der Waals surface area contributed by atoms with Gasteiger partial charge in [0, 0.05) is 16.1 Å². The van der Waals surface area contributed by atoms with E-state index in [0.29, 0.717) is 12.0 Å². The number of aliphatic carboxylic acids is 1. The molecule has 2 atom stereocenters. The standard InChI is InChI=1S/C13H17BrFNO2/c1-8(13(17)18)6-12(16(2)3)10-7-9(14)4-5-11(10)15/h4-5,7-8,12H,6H2,1-3H3,(H,17,18). The van der Waals surface area contributed by atoms with E-state index in [2.05, 4.69) is 15.9 Å². The van der Waals surface area contributed by atoms with E-state index in [0.717, 1.165) is 4.47 Å². The normalized spacial score (nSPS) is 14.6. The largest absolute Gasteiger partial charge is 0.481 e. The average Bonchev–Trinajstić information content (AvgIpc) is 2.28. The SMILES string of the molecule is CC(CC(c1cc(Br)ccc1F)N(C)C)C(=O)O. The second-order valence-corrected chi connectivity index (χ2v) is 5.54. The van der Waals surface area contributed by atoms with E-state index in [9.17, 15) is 9.18 Å². The van der Waals surface area contributed by atoms with Crippen LogP contribution in [0.4, 0.5) is 4.39 Å². The topological polar surface area (TPSA) is 40.5 Å². The molecule has 5 heteroatoms. The van der Waals surface area contributed by atoms with Crippen molar-refractivity contribution in [3.8, 4) is 0 Å². The Labute approximate surface area is 115 Å². The number of hydrogen-bond donors (Lipinski definition) is 1. The fourth-order valence-electron chi connectivity index (χ4n) is 1.82. The van der Waals surface area contributed by atoms with Gasteiger partial charge in [-0.2, -0.15) is 0 Å². The summed E-state index contributed by atoms with van der Waals surface area (Å²) in [5.74, 6) is -1.69. The molecule has 0 aliphatic rings. The van der Waals surface area contributed by atoms with Crippen LogP contribution in [0, 0.1) is 11.7 Å². The highest BCUT2D eigenvalue weighted by Gasteiger charge is 2.23. The highest BCUT2D eigenvalue weighted by molar-refractivity contribution is 9.10. The van der Waals surface area contributed by atoms with E-state index < -0.39 is 11.9 Å². The van der Waals surface area contributed by atoms with Crippen molar-refractivity contribution in [1.29, 1.82) is 0 Å². The summed E-state index contributed by atoms with van der Waals surface area (Å²) in [5, 5.41) is 8.96. The van der Waals surface area contributed by atoms with Gasteiger partial charge in [0.1, 0.15) is 5.82 Å². The van der Waals surface area contributed by atoms with Crippen LogP contribution >= 0.6 is 15.9 Å². The van der Waals surface area contributed by atoms with Crippen LogP contribution in [0.15, 0.2) is 22.7 Å². The summed E-state index contributed by atoms with van der Waals surface area (Å²) in [7, 11) is 3.64. The molecule has 18 heavy (non-hydrogen) atoms. The van der Waals surface area contributed by atoms with Crippen molar-refractivity contribution in [2.24, 2.45) is 5.92 Å². The summed E-state index contributed by atoms with van der Waals surface area (Å²) < 4.78 is 14.6. The second kappa shape index (κ2) is 6.29. The van der Waals surface area contributed by atoms with Gasteiger partial charge in [-0.15, -0.1) is 0 Å². The van der Waals surface area contributed by atoms with Crippen molar-refractivity contribution in [2.45, 2.75) is 19.4 Å². The van der Waals surface area contributed by atoms with Gasteiger partial charge in [-0.05, 0) is 38.7 Å². The third kappa shape index (κ3) is 3.78. The van der Waals surface area contributed by atoms with E-state index in [1.54, 1.807) is 19.1 Å². The number of benzene rings is 1. The lowest BCUT2D eigenvalue weighted by Gasteiger charge is -2.26. The first-order valence-electron chi connectivity index (χ1n) is 5.67. The lowest BCUT2D eigenvalue weighted by molar-refractivity contribution is -0.141. The molecule has 0 aliphatic carbocycles. The summed E-state index contributed by atoms with van der Waals surface area (Å²) in [4.78, 5) is 12.8. The van der Waals surface area contributed by atoms with Crippen molar-refractivity contribution < 1.29 is 14.3 Å². The van der Waals surface area contributed by atoms with Crippen LogP contribution in [0.5, 0.6) is 0 Å². The van der Waals surface area contributed by atoms with Gasteiger partial charge in [-0.3, -0.25) is 4.79 Å². The summed E-state index contributed by atoms with van der Waals surface area (Å²) in [6.45, 7) is 1.63. The van der Waals surface area contributed by atoms with Gasteiger partial charge in [-0.25, -0.2) is 4.39 Å². The van der Waals surface area contributed by atoms with Gasteiger partial charge in [0.15, 0.2) is 0 Å². The summed E-state index contributed by atoms with van der Waals surface area (Å²) >= 11 is 3.31. The Hall–Kier alpha value is -0.940. The predicted octanol–water partition coefficient (Wildman–Crippen LogP) is 3.30. The molecule has 0 aliphatic heterocycles. The molecule has 0 saturated carbocycles. The Kier molecular flexibility index (Phi) is 5.28. The van der Waals surface area contributed by atoms with Gasteiger partial charge in [-0.1, -0.05) is 22.9 Å². The maximum atomic E-state index is 13.8. The molecular formula is C13H17BrFNO2. The van der Waals surface area contributed by atoms with Crippen LogP contribution in [-0.2, 0) is 4.79 Å². The van der Waals surface area contributed by atoms with Gasteiger partial charge < -0.3 is 10.0 Å². The number of nitrogens with zero attached hydrogens (tertiary/aromatic N) is 1. The molecule has 1 rings (SSSR count). The third-order valence-electron chi connectivity index (χ3n) is 2.94. The molecule has 0 bridgehead atoms. The molecule has 1 N–H and O–H groups in total. The predicted molar refractivity (Wildman–Crippen MR) is 71.9 cm³/mol. The van der Waals surface area contributed by atoms with Crippen LogP contribution in [0.25, 0.3) is 0 Å². The Morgan fingerprint density at radius 1 is 1.50 bits per heavy atom. The quantitative estimate of drug-likeness (QED) is 0.905. The van der Waals surface area contributed by atoms with E-state index in [4.69, 9.17) is 5.11 Å². The van der Waals surface area contributed by atoms with Crippen LogP contribution < -0.4 is 0 Å². The summed E-state index contributed by atoms with van der Waals surface area (Å²) in [5.41, 5.74) is 0.516. The van der Waals surface area contributed by atoms with Crippen LogP contribution in [0.2, 0.25) is 0 Å². The molecular weight excluding hydrogens is 301 g/mol. The zero-order valence-electron chi connectivity index (χ0n) is 10.7. The van der Waals surface area contributed by atoms with Gasteiger partial charge in [0.2, 0.25) is 0 Å². The Bertz CT molecular complexity index is 437. The first kappa shape index (κ1) is 15.1. The zero-order valence-corrected chi connectivity index (χ0v) is 12.2. The van der Waals surface area contributed by atoms with Crippen molar-refractivity contribution in [3.05, 3.63) is 34.1 Å². The van der Waals surface area contributed by atoms with Crippen LogP contribution in [0.1, 0.15) is 24.9 Å². The highest BCUT2D eigenvalue weighted by atomic mass is 79.9. The minimum atomic E-state index is -0.864. The van der Waals surface area contributed by atoms with Gasteiger partial charge in [0.05, 0.1) is 5.92 Å². The van der Waals surface area contributed by atoms with Crippen molar-refractivity contribution in [1.82, 2.24) is 4.90 Å². The number of carboxylic acids is 1. The van der Waals surface area contributed by atoms with E-state index >= 15 is 0 Å². The first-order chi connectivity index (χ1) is 8.32. The third-order valence-corrected chi connectivity index (χ3v) is 3.43. The first-order valence-corrected chi connectivity index (χ1v) is 6.46. The van der Waals surface area contributed by atoms with Gasteiger partial charge >= 0.3 is 5.97 Å². The molecule has 0 heterocycles. The summed E-state index contributed by atoms with van der Waals surface area (Å²) in [6, 6.07) is 4.47. The maximum absolute atomic E-state index is 13.8. The maximum Gasteiger partial charge on any atom is 0.306 e. The number of rotatable bonds is 5. The van der Waals surface area contributed by atoms with Crippen molar-refractivity contribution >= 4 is 21.9 Å². The molecule has 0 fully saturated rings. The minimum absolute atomic E-state index is 0.256. The number of carboxylic acid groups (broad SMARTS) is 1. The molecule has 0 aromatic heterocycles. The van der Waals surface area contributed by atoms with Crippen LogP contribution in [0.3, 0.4) is 0 Å². The van der Waals surface area contributed by atoms with E-state index in [1.807, 2.05) is 19.0 Å². The van der Waals surface area contributed by atoms with Crippen molar-refractivity contribution in [2.75, 3.05) is 14.1 Å². The molecule has 0 spiro atoms. The monoisotopic (exact) mass is 317 g/mol. The smallest absolute Gasteiger partial charge is 0.306 e. The Morgan fingerprint density at radius 2 is 2.11 bits per heavy atom. The molecule has 1 aromatic carbocycles. The summed E-state index contributed by atoms with van der Waals surface area (Å²) in [6.07, 6.45) is 0.371. The molecule has 0 saturated heterocycles. The molecule has 0 amide bonds. The Morgan fingerprint density at radius 3 is 2.61 bits per heavy atom. The fraction of sp³-hybridized carbons (Fsp3) is 0.462. The lowest BCUT2D eigenvalue weighted by Crippen LogP contribution is -2.25. The van der Waals surface area contributed by atoms with E-state index in [-0.39, 0.29) is 11.9 Å². The lowest BCUT2D eigenvalue weighted by atomic mass is 9.95. The molecule has 100 valence electrons.